The lowest BCUT2D eigenvalue weighted by atomic mass is 10.1. The molecule has 0 amide bonds. The number of carboxylic acids is 1. The van der Waals surface area contributed by atoms with E-state index in [-0.39, 0.29) is 11.4 Å². The van der Waals surface area contributed by atoms with E-state index in [4.69, 9.17) is 5.11 Å². The number of pyridine rings is 1. The van der Waals surface area contributed by atoms with Crippen molar-refractivity contribution in [2.24, 2.45) is 0 Å². The monoisotopic (exact) mass is 231 g/mol. The maximum Gasteiger partial charge on any atom is 0.355 e. The second-order valence-corrected chi connectivity index (χ2v) is 3.89. The molecule has 0 unspecified atom stereocenters. The van der Waals surface area contributed by atoms with Crippen molar-refractivity contribution in [2.75, 3.05) is 0 Å². The lowest BCUT2D eigenvalue weighted by Gasteiger charge is -2.07. The van der Waals surface area contributed by atoms with E-state index >= 15 is 0 Å². The van der Waals surface area contributed by atoms with Crippen LogP contribution < -0.4 is 0 Å². The summed E-state index contributed by atoms with van der Waals surface area (Å²) in [6.07, 6.45) is 1.58. The number of benzene rings is 1. The van der Waals surface area contributed by atoms with Crippen LogP contribution in [0.15, 0.2) is 24.3 Å². The van der Waals surface area contributed by atoms with E-state index in [2.05, 4.69) is 4.98 Å². The van der Waals surface area contributed by atoms with Gasteiger partial charge in [0.1, 0.15) is 5.75 Å². The summed E-state index contributed by atoms with van der Waals surface area (Å²) in [4.78, 5) is 15.3. The number of hydrogen-bond acceptors (Lipinski definition) is 3. The van der Waals surface area contributed by atoms with Crippen molar-refractivity contribution >= 4 is 16.7 Å². The van der Waals surface area contributed by atoms with Crippen molar-refractivity contribution in [3.05, 3.63) is 35.7 Å². The van der Waals surface area contributed by atoms with Gasteiger partial charge in [0.05, 0.1) is 0 Å². The SMILES string of the molecule is CCCc1cc2c(O)cccc2c(C(=O)O)n1. The van der Waals surface area contributed by atoms with Crippen molar-refractivity contribution in [3.8, 4) is 5.75 Å². The average molecular weight is 231 g/mol. The van der Waals surface area contributed by atoms with Crippen molar-refractivity contribution in [2.45, 2.75) is 19.8 Å². The molecule has 1 heterocycles. The molecular formula is C13H13NO3. The normalized spacial score (nSPS) is 10.6. The largest absolute Gasteiger partial charge is 0.507 e. The van der Waals surface area contributed by atoms with E-state index in [1.165, 1.54) is 0 Å². The molecule has 0 aliphatic rings. The van der Waals surface area contributed by atoms with Gasteiger partial charge in [-0.25, -0.2) is 9.78 Å². The van der Waals surface area contributed by atoms with Crippen LogP contribution in [0.1, 0.15) is 29.5 Å². The zero-order chi connectivity index (χ0) is 12.4. The predicted octanol–water partition coefficient (Wildman–Crippen LogP) is 2.59. The van der Waals surface area contributed by atoms with E-state index in [9.17, 15) is 9.90 Å². The average Bonchev–Trinajstić information content (AvgIpc) is 2.29. The van der Waals surface area contributed by atoms with E-state index in [0.29, 0.717) is 22.9 Å². The highest BCUT2D eigenvalue weighted by Gasteiger charge is 2.13. The number of hydrogen-bond donors (Lipinski definition) is 2. The Hall–Kier alpha value is -2.10. The molecule has 4 nitrogen and oxygen atoms in total. The molecule has 2 rings (SSSR count). The molecule has 0 atom stereocenters. The second kappa shape index (κ2) is 4.41. The van der Waals surface area contributed by atoms with Gasteiger partial charge < -0.3 is 10.2 Å². The molecule has 0 saturated heterocycles. The van der Waals surface area contributed by atoms with Gasteiger partial charge >= 0.3 is 5.97 Å². The first kappa shape index (κ1) is 11.4. The van der Waals surface area contributed by atoms with Gasteiger partial charge in [-0.1, -0.05) is 25.5 Å². The Bertz CT molecular complexity index is 578. The summed E-state index contributed by atoms with van der Waals surface area (Å²) >= 11 is 0. The number of nitrogens with zero attached hydrogens (tertiary/aromatic N) is 1. The van der Waals surface area contributed by atoms with Crippen LogP contribution in [0.2, 0.25) is 0 Å². The minimum Gasteiger partial charge on any atom is -0.507 e. The smallest absolute Gasteiger partial charge is 0.355 e. The van der Waals surface area contributed by atoms with E-state index in [1.807, 2.05) is 6.92 Å². The van der Waals surface area contributed by atoms with Crippen LogP contribution in [0, 0.1) is 0 Å². The number of carboxylic acid groups (broad SMARTS) is 1. The molecule has 0 saturated carbocycles. The van der Waals surface area contributed by atoms with Crippen molar-refractivity contribution in [1.29, 1.82) is 0 Å². The molecule has 1 aromatic carbocycles. The molecule has 0 bridgehead atoms. The Kier molecular flexibility index (Phi) is 2.95. The number of rotatable bonds is 3. The van der Waals surface area contributed by atoms with Gasteiger partial charge in [0, 0.05) is 16.5 Å². The fourth-order valence-corrected chi connectivity index (χ4v) is 1.86. The Morgan fingerprint density at radius 1 is 1.35 bits per heavy atom. The van der Waals surface area contributed by atoms with Gasteiger partial charge in [-0.05, 0) is 18.6 Å². The fraction of sp³-hybridized carbons (Fsp3) is 0.231. The molecule has 2 aromatic rings. The Labute approximate surface area is 98.5 Å². The number of aromatic nitrogens is 1. The van der Waals surface area contributed by atoms with E-state index in [1.54, 1.807) is 24.3 Å². The van der Waals surface area contributed by atoms with Gasteiger partial charge in [0.15, 0.2) is 5.69 Å². The second-order valence-electron chi connectivity index (χ2n) is 3.89. The van der Waals surface area contributed by atoms with Crippen LogP contribution in [-0.2, 0) is 6.42 Å². The third-order valence-electron chi connectivity index (χ3n) is 2.61. The Morgan fingerprint density at radius 2 is 2.12 bits per heavy atom. The number of aryl methyl sites for hydroxylation is 1. The highest BCUT2D eigenvalue weighted by atomic mass is 16.4. The number of fused-ring (bicyclic) bond motifs is 1. The molecule has 2 N–H and O–H groups in total. The summed E-state index contributed by atoms with van der Waals surface area (Å²) in [6.45, 7) is 2.00. The number of phenolic OH excluding ortho intramolecular Hbond substituents is 1. The molecule has 88 valence electrons. The highest BCUT2D eigenvalue weighted by molar-refractivity contribution is 6.03. The summed E-state index contributed by atoms with van der Waals surface area (Å²) < 4.78 is 0. The standard InChI is InChI=1S/C13H13NO3/c1-2-4-8-7-10-9(5-3-6-11(10)15)12(14-8)13(16)17/h3,5-7,15H,2,4H2,1H3,(H,16,17). The number of aromatic carboxylic acids is 1. The fourth-order valence-electron chi connectivity index (χ4n) is 1.86. The van der Waals surface area contributed by atoms with Crippen LogP contribution in [0.25, 0.3) is 10.8 Å². The minimum absolute atomic E-state index is 0.00171. The Morgan fingerprint density at radius 3 is 2.76 bits per heavy atom. The molecule has 1 aromatic heterocycles. The molecule has 0 fully saturated rings. The van der Waals surface area contributed by atoms with Gasteiger partial charge in [0.2, 0.25) is 0 Å². The van der Waals surface area contributed by atoms with E-state index in [0.717, 1.165) is 6.42 Å². The van der Waals surface area contributed by atoms with Crippen LogP contribution in [0.3, 0.4) is 0 Å². The molecule has 0 radical (unpaired) electrons. The van der Waals surface area contributed by atoms with Crippen LogP contribution in [0.5, 0.6) is 5.75 Å². The number of aromatic hydroxyl groups is 1. The third kappa shape index (κ3) is 2.06. The maximum absolute atomic E-state index is 11.1. The summed E-state index contributed by atoms with van der Waals surface area (Å²) in [7, 11) is 0. The van der Waals surface area contributed by atoms with Gasteiger partial charge in [-0.15, -0.1) is 0 Å². The molecule has 0 aliphatic carbocycles. The first-order chi connectivity index (χ1) is 8.13. The highest BCUT2D eigenvalue weighted by Crippen LogP contribution is 2.27. The Balaban J connectivity index is 2.76. The third-order valence-corrected chi connectivity index (χ3v) is 2.61. The van der Waals surface area contributed by atoms with Gasteiger partial charge in [0.25, 0.3) is 0 Å². The van der Waals surface area contributed by atoms with Crippen molar-refractivity contribution < 1.29 is 15.0 Å². The summed E-state index contributed by atoms with van der Waals surface area (Å²) in [5.74, 6) is -0.983. The van der Waals surface area contributed by atoms with Crippen molar-refractivity contribution in [1.82, 2.24) is 4.98 Å². The summed E-state index contributed by atoms with van der Waals surface area (Å²) in [5.41, 5.74) is 0.695. The zero-order valence-electron chi connectivity index (χ0n) is 9.47. The first-order valence-electron chi connectivity index (χ1n) is 5.48. The van der Waals surface area contributed by atoms with Gasteiger partial charge in [-0.3, -0.25) is 0 Å². The summed E-state index contributed by atoms with van der Waals surface area (Å²) in [6, 6.07) is 6.57. The van der Waals surface area contributed by atoms with Gasteiger partial charge in [-0.2, -0.15) is 0 Å². The first-order valence-corrected chi connectivity index (χ1v) is 5.48. The van der Waals surface area contributed by atoms with E-state index < -0.39 is 5.97 Å². The lowest BCUT2D eigenvalue weighted by molar-refractivity contribution is 0.0692. The molecule has 0 aliphatic heterocycles. The summed E-state index contributed by atoms with van der Waals surface area (Å²) in [5, 5.41) is 19.9. The molecule has 17 heavy (non-hydrogen) atoms. The topological polar surface area (TPSA) is 70.4 Å². The maximum atomic E-state index is 11.1. The molecular weight excluding hydrogens is 218 g/mol. The lowest BCUT2D eigenvalue weighted by Crippen LogP contribution is -2.04. The molecule has 0 spiro atoms. The van der Waals surface area contributed by atoms with Crippen LogP contribution >= 0.6 is 0 Å². The number of carbonyl (C=O) groups is 1. The molecule has 4 heteroatoms. The van der Waals surface area contributed by atoms with Crippen LogP contribution in [-0.4, -0.2) is 21.2 Å². The van der Waals surface area contributed by atoms with Crippen LogP contribution in [0.4, 0.5) is 0 Å². The minimum atomic E-state index is -1.07. The number of phenols is 1. The van der Waals surface area contributed by atoms with Crippen molar-refractivity contribution in [3.63, 3.8) is 0 Å². The zero-order valence-corrected chi connectivity index (χ0v) is 9.47. The predicted molar refractivity (Wildman–Crippen MR) is 64.4 cm³/mol. The quantitative estimate of drug-likeness (QED) is 0.851.